The maximum atomic E-state index is 2.51. The Balaban J connectivity index is 1.17. The lowest BCUT2D eigenvalue weighted by Crippen LogP contribution is -2.28. The molecule has 0 bridgehead atoms. The first kappa shape index (κ1) is 32.3. The summed E-state index contributed by atoms with van der Waals surface area (Å²) in [5.41, 5.74) is 15.8. The lowest BCUT2D eigenvalue weighted by molar-refractivity contribution is 0.775. The second kappa shape index (κ2) is 12.5. The van der Waals surface area contributed by atoms with Gasteiger partial charge in [-0.2, -0.15) is 0 Å². The molecule has 57 heavy (non-hydrogen) atoms. The monoisotopic (exact) mass is 742 g/mol. The van der Waals surface area contributed by atoms with Gasteiger partial charge in [-0.05, 0) is 116 Å². The molecular weight excluding hydrogens is 707 g/mol. The van der Waals surface area contributed by atoms with Crippen molar-refractivity contribution in [1.29, 1.82) is 0 Å². The molecule has 2 heteroatoms. The second-order valence-corrected chi connectivity index (χ2v) is 16.4. The molecule has 9 aromatic carbocycles. The minimum atomic E-state index is -0.525. The van der Waals surface area contributed by atoms with Crippen LogP contribution < -0.4 is 0 Å². The van der Waals surface area contributed by atoms with Crippen LogP contribution in [0.3, 0.4) is 0 Å². The van der Waals surface area contributed by atoms with Gasteiger partial charge in [0.1, 0.15) is 0 Å². The van der Waals surface area contributed by atoms with E-state index in [0.717, 1.165) is 5.69 Å². The van der Waals surface area contributed by atoms with Gasteiger partial charge in [0.2, 0.25) is 0 Å². The van der Waals surface area contributed by atoms with Crippen molar-refractivity contribution in [2.24, 2.45) is 0 Å². The normalized spacial score (nSPS) is 13.1. The highest BCUT2D eigenvalue weighted by atomic mass is 32.1. The number of aromatic nitrogens is 1. The van der Waals surface area contributed by atoms with E-state index >= 15 is 0 Å². The summed E-state index contributed by atoms with van der Waals surface area (Å²) in [6.07, 6.45) is 0. The van der Waals surface area contributed by atoms with Crippen LogP contribution in [0.2, 0.25) is 0 Å². The average Bonchev–Trinajstić information content (AvgIpc) is 3.93. The zero-order chi connectivity index (χ0) is 37.5. The van der Waals surface area contributed by atoms with Crippen LogP contribution in [0.4, 0.5) is 0 Å². The molecule has 0 unspecified atom stereocenters. The minimum Gasteiger partial charge on any atom is -0.309 e. The van der Waals surface area contributed by atoms with Crippen LogP contribution in [0.5, 0.6) is 0 Å². The Morgan fingerprint density at radius 3 is 1.49 bits per heavy atom. The maximum absolute atomic E-state index is 2.51. The summed E-state index contributed by atoms with van der Waals surface area (Å²) in [7, 11) is 0. The predicted molar refractivity (Wildman–Crippen MR) is 243 cm³/mol. The lowest BCUT2D eigenvalue weighted by atomic mass is 9.67. The molecule has 0 atom stereocenters. The van der Waals surface area contributed by atoms with Gasteiger partial charge in [0.25, 0.3) is 0 Å². The molecule has 1 nitrogen and oxygen atoms in total. The van der Waals surface area contributed by atoms with Crippen molar-refractivity contribution in [3.8, 4) is 39.1 Å². The highest BCUT2D eigenvalue weighted by Gasteiger charge is 2.49. The number of fused-ring (bicyclic) bond motifs is 10. The highest BCUT2D eigenvalue weighted by molar-refractivity contribution is 7.26. The number of hydrogen-bond donors (Lipinski definition) is 0. The van der Waals surface area contributed by atoms with E-state index in [4.69, 9.17) is 0 Å². The van der Waals surface area contributed by atoms with Gasteiger partial charge in [0.05, 0.1) is 16.4 Å². The fourth-order valence-corrected chi connectivity index (χ4v) is 11.3. The molecule has 0 aliphatic heterocycles. The summed E-state index contributed by atoms with van der Waals surface area (Å²) in [4.78, 5) is 0. The fraction of sp³-hybridized carbons (Fsp3) is 0.0182. The van der Waals surface area contributed by atoms with Gasteiger partial charge >= 0.3 is 0 Å². The van der Waals surface area contributed by atoms with E-state index in [-0.39, 0.29) is 0 Å². The van der Waals surface area contributed by atoms with Crippen molar-refractivity contribution < 1.29 is 0 Å². The Morgan fingerprint density at radius 2 is 0.895 bits per heavy atom. The number of rotatable bonds is 5. The van der Waals surface area contributed by atoms with Crippen LogP contribution in [0.25, 0.3) is 81.0 Å². The van der Waals surface area contributed by atoms with Crippen LogP contribution in [0, 0.1) is 0 Å². The molecule has 12 rings (SSSR count). The molecule has 1 aliphatic carbocycles. The lowest BCUT2D eigenvalue weighted by Gasteiger charge is -2.33. The Kier molecular flexibility index (Phi) is 7.08. The molecule has 0 radical (unpaired) electrons. The van der Waals surface area contributed by atoms with E-state index in [2.05, 4.69) is 217 Å². The third-order valence-corrected chi connectivity index (χ3v) is 13.6. The second-order valence-electron chi connectivity index (χ2n) is 15.3. The Hall–Kier alpha value is -7.00. The van der Waals surface area contributed by atoms with E-state index in [1.807, 2.05) is 0 Å². The SMILES string of the molecule is c1ccc(-c2ccc3c(c2)c2cc(-c4ccccc4)ccc2n3-c2ccc3c(c2)C(c2ccccc2)(c2ccccc2)c2c-3ccc3c2[sH+]c2ccccc23)cc1. The van der Waals surface area contributed by atoms with Gasteiger partial charge in [0, 0.05) is 32.8 Å². The maximum Gasteiger partial charge on any atom is 0.184 e. The van der Waals surface area contributed by atoms with Crippen molar-refractivity contribution in [3.05, 3.63) is 235 Å². The summed E-state index contributed by atoms with van der Waals surface area (Å²) in [6, 6.07) is 78.9. The van der Waals surface area contributed by atoms with Gasteiger partial charge in [0.15, 0.2) is 9.40 Å². The molecular formula is C55H36NS+. The molecule has 11 aromatic rings. The van der Waals surface area contributed by atoms with Crippen LogP contribution in [-0.2, 0) is 5.41 Å². The van der Waals surface area contributed by atoms with Crippen molar-refractivity contribution in [2.45, 2.75) is 5.41 Å². The molecule has 0 fully saturated rings. The van der Waals surface area contributed by atoms with Gasteiger partial charge in [-0.25, -0.2) is 0 Å². The topological polar surface area (TPSA) is 4.93 Å². The number of hydrogen-bond acceptors (Lipinski definition) is 0. The summed E-state index contributed by atoms with van der Waals surface area (Å²) < 4.78 is 5.29. The first-order valence-electron chi connectivity index (χ1n) is 19.7. The van der Waals surface area contributed by atoms with Crippen LogP contribution in [0.1, 0.15) is 22.3 Å². The molecule has 0 N–H and O–H groups in total. The van der Waals surface area contributed by atoms with E-state index in [9.17, 15) is 0 Å². The average molecular weight is 743 g/mol. The van der Waals surface area contributed by atoms with Crippen molar-refractivity contribution in [3.63, 3.8) is 0 Å². The van der Waals surface area contributed by atoms with Crippen LogP contribution >= 0.6 is 11.3 Å². The molecule has 0 spiro atoms. The first-order chi connectivity index (χ1) is 28.3. The van der Waals surface area contributed by atoms with Crippen molar-refractivity contribution in [2.75, 3.05) is 0 Å². The van der Waals surface area contributed by atoms with E-state index in [1.165, 1.54) is 109 Å². The summed E-state index contributed by atoms with van der Waals surface area (Å²) in [6.45, 7) is 0. The van der Waals surface area contributed by atoms with Gasteiger partial charge in [-0.15, -0.1) is 0 Å². The quantitative estimate of drug-likeness (QED) is 0.155. The number of benzene rings is 9. The van der Waals surface area contributed by atoms with Gasteiger partial charge in [-0.1, -0.05) is 158 Å². The Morgan fingerprint density at radius 1 is 0.368 bits per heavy atom. The van der Waals surface area contributed by atoms with Crippen LogP contribution in [0.15, 0.2) is 212 Å². The largest absolute Gasteiger partial charge is 0.309 e. The summed E-state index contributed by atoms with van der Waals surface area (Å²) in [5, 5.41) is 5.19. The number of thiophene rings is 1. The van der Waals surface area contributed by atoms with E-state index < -0.39 is 5.41 Å². The van der Waals surface area contributed by atoms with Crippen molar-refractivity contribution >= 4 is 53.3 Å². The Bertz CT molecular complexity index is 3180. The van der Waals surface area contributed by atoms with Gasteiger partial charge in [-0.3, -0.25) is 0 Å². The smallest absolute Gasteiger partial charge is 0.184 e. The molecule has 266 valence electrons. The zero-order valence-corrected chi connectivity index (χ0v) is 32.0. The Labute approximate surface area is 335 Å². The van der Waals surface area contributed by atoms with E-state index in [0.29, 0.717) is 0 Å². The third kappa shape index (κ3) is 4.68. The van der Waals surface area contributed by atoms with E-state index in [1.54, 1.807) is 0 Å². The van der Waals surface area contributed by atoms with Crippen LogP contribution in [-0.4, -0.2) is 4.57 Å². The minimum absolute atomic E-state index is 0.525. The number of nitrogens with zero attached hydrogens (tertiary/aromatic N) is 1. The fourth-order valence-electron chi connectivity index (χ4n) is 9.86. The van der Waals surface area contributed by atoms with Crippen molar-refractivity contribution in [1.82, 2.24) is 4.57 Å². The highest BCUT2D eigenvalue weighted by Crippen LogP contribution is 2.60. The molecule has 0 amide bonds. The first-order valence-corrected chi connectivity index (χ1v) is 20.6. The molecule has 2 heterocycles. The molecule has 0 saturated carbocycles. The standard InChI is InChI=1S/C55H35NS/c1-5-15-36(16-6-1)38-25-31-50-47(33-38)48-34-39(37-17-7-2-8-18-37)26-32-51(48)56(50)42-27-28-43-45-29-30-46-44-23-13-14-24-52(44)57-54(46)53(45)55(49(43)35-42,40-19-9-3-10-20-40)41-21-11-4-12-22-41/h1-35H/p+1. The molecule has 1 aliphatic rings. The zero-order valence-electron chi connectivity index (χ0n) is 31.1. The predicted octanol–water partition coefficient (Wildman–Crippen LogP) is 14.6. The summed E-state index contributed by atoms with van der Waals surface area (Å²) in [5.74, 6) is 0. The molecule has 0 saturated heterocycles. The summed E-state index contributed by atoms with van der Waals surface area (Å²) >= 11 is 1.26. The third-order valence-electron chi connectivity index (χ3n) is 12.3. The molecule has 2 aromatic heterocycles. The van der Waals surface area contributed by atoms with Gasteiger partial charge < -0.3 is 4.57 Å².